The van der Waals surface area contributed by atoms with Crippen LogP contribution < -0.4 is 5.32 Å². The number of carbonyl (C=O) groups excluding carboxylic acids is 1. The van der Waals surface area contributed by atoms with Crippen molar-refractivity contribution in [2.24, 2.45) is 5.92 Å². The van der Waals surface area contributed by atoms with Crippen LogP contribution in [-0.4, -0.2) is 36.5 Å². The molecule has 3 fully saturated rings. The van der Waals surface area contributed by atoms with E-state index in [0.29, 0.717) is 17.7 Å². The largest absolute Gasteiger partial charge is 0.440 e. The smallest absolute Gasteiger partial charge is 0.289 e. The Labute approximate surface area is 105 Å². The predicted molar refractivity (Wildman–Crippen MR) is 64.1 cm³/mol. The zero-order chi connectivity index (χ0) is 11.8. The van der Waals surface area contributed by atoms with E-state index in [2.05, 4.69) is 5.32 Å². The molecule has 3 aliphatic rings. The monoisotopic (exact) mass is 254 g/mol. The van der Waals surface area contributed by atoms with Gasteiger partial charge in [-0.15, -0.1) is 0 Å². The van der Waals surface area contributed by atoms with Crippen LogP contribution in [0.25, 0.3) is 0 Å². The van der Waals surface area contributed by atoms with Gasteiger partial charge in [0.25, 0.3) is 5.91 Å². The molecular formula is C12H15ClN2O2. The van der Waals surface area contributed by atoms with Crippen LogP contribution in [0.4, 0.5) is 0 Å². The van der Waals surface area contributed by atoms with Crippen molar-refractivity contribution in [3.8, 4) is 0 Å². The third kappa shape index (κ3) is 2.07. The highest BCUT2D eigenvalue weighted by molar-refractivity contribution is 6.29. The number of hydrogen-bond acceptors (Lipinski definition) is 3. The molecule has 2 atom stereocenters. The molecular weight excluding hydrogens is 240 g/mol. The van der Waals surface area contributed by atoms with Gasteiger partial charge < -0.3 is 14.6 Å². The normalized spacial score (nSPS) is 28.2. The van der Waals surface area contributed by atoms with Crippen molar-refractivity contribution >= 4 is 17.5 Å². The first-order chi connectivity index (χ1) is 8.24. The summed E-state index contributed by atoms with van der Waals surface area (Å²) in [5, 5.41) is 3.67. The Morgan fingerprint density at radius 3 is 3.06 bits per heavy atom. The zero-order valence-electron chi connectivity index (χ0n) is 9.49. The van der Waals surface area contributed by atoms with E-state index in [1.165, 1.54) is 6.42 Å². The molecule has 2 bridgehead atoms. The molecule has 3 saturated heterocycles. The van der Waals surface area contributed by atoms with Crippen LogP contribution in [0, 0.1) is 5.92 Å². The Morgan fingerprint density at radius 2 is 2.29 bits per heavy atom. The number of amides is 1. The molecule has 1 aromatic rings. The molecule has 0 radical (unpaired) electrons. The van der Waals surface area contributed by atoms with Crippen molar-refractivity contribution in [3.63, 3.8) is 0 Å². The van der Waals surface area contributed by atoms with E-state index < -0.39 is 0 Å². The van der Waals surface area contributed by atoms with Gasteiger partial charge in [-0.2, -0.15) is 0 Å². The van der Waals surface area contributed by atoms with Gasteiger partial charge >= 0.3 is 0 Å². The number of nitrogens with one attached hydrogen (secondary N) is 1. The van der Waals surface area contributed by atoms with Crippen molar-refractivity contribution < 1.29 is 9.21 Å². The molecule has 4 heterocycles. The molecule has 4 nitrogen and oxygen atoms in total. The minimum Gasteiger partial charge on any atom is -0.440 e. The third-order valence-electron chi connectivity index (χ3n) is 3.66. The highest BCUT2D eigenvalue weighted by Crippen LogP contribution is 2.26. The first-order valence-corrected chi connectivity index (χ1v) is 6.39. The Morgan fingerprint density at radius 1 is 1.41 bits per heavy atom. The summed E-state index contributed by atoms with van der Waals surface area (Å²) in [7, 11) is 0. The molecule has 1 aromatic heterocycles. The second kappa shape index (κ2) is 4.35. The van der Waals surface area contributed by atoms with Gasteiger partial charge in [-0.3, -0.25) is 4.79 Å². The highest BCUT2D eigenvalue weighted by Gasteiger charge is 2.35. The van der Waals surface area contributed by atoms with Gasteiger partial charge in [-0.1, -0.05) is 0 Å². The topological polar surface area (TPSA) is 45.5 Å². The van der Waals surface area contributed by atoms with Gasteiger partial charge in [-0.05, 0) is 49.0 Å². The number of halogens is 1. The van der Waals surface area contributed by atoms with Crippen molar-refractivity contribution in [2.45, 2.75) is 18.9 Å². The van der Waals surface area contributed by atoms with Crippen molar-refractivity contribution in [3.05, 3.63) is 23.1 Å². The van der Waals surface area contributed by atoms with E-state index >= 15 is 0 Å². The maximum atomic E-state index is 12.3. The van der Waals surface area contributed by atoms with E-state index in [0.717, 1.165) is 26.1 Å². The third-order valence-corrected chi connectivity index (χ3v) is 3.86. The summed E-state index contributed by atoms with van der Waals surface area (Å²) in [5.41, 5.74) is 0. The summed E-state index contributed by atoms with van der Waals surface area (Å²) in [5.74, 6) is 0.890. The van der Waals surface area contributed by atoms with Gasteiger partial charge in [-0.25, -0.2) is 0 Å². The molecule has 17 heavy (non-hydrogen) atoms. The number of furan rings is 1. The first-order valence-electron chi connectivity index (χ1n) is 6.01. The van der Waals surface area contributed by atoms with Gasteiger partial charge in [0.1, 0.15) is 0 Å². The number of rotatable bonds is 1. The average Bonchev–Trinajstić information content (AvgIpc) is 2.55. The van der Waals surface area contributed by atoms with Crippen molar-refractivity contribution in [2.75, 3.05) is 19.6 Å². The minimum absolute atomic E-state index is 0.0321. The Kier molecular flexibility index (Phi) is 2.84. The van der Waals surface area contributed by atoms with Crippen LogP contribution in [0.3, 0.4) is 0 Å². The van der Waals surface area contributed by atoms with Gasteiger partial charge in [0.2, 0.25) is 0 Å². The van der Waals surface area contributed by atoms with Gasteiger partial charge in [0.15, 0.2) is 11.0 Å². The second-order valence-corrected chi connectivity index (χ2v) is 5.19. The highest BCUT2D eigenvalue weighted by atomic mass is 35.5. The lowest BCUT2D eigenvalue weighted by atomic mass is 9.95. The molecule has 0 aliphatic carbocycles. The lowest BCUT2D eigenvalue weighted by Crippen LogP contribution is -2.47. The van der Waals surface area contributed by atoms with E-state index in [1.54, 1.807) is 12.1 Å². The quantitative estimate of drug-likeness (QED) is 0.831. The van der Waals surface area contributed by atoms with Crippen LogP contribution in [0.15, 0.2) is 16.5 Å². The van der Waals surface area contributed by atoms with E-state index in [4.69, 9.17) is 16.0 Å². The lowest BCUT2D eigenvalue weighted by Gasteiger charge is -2.35. The number of carbonyl (C=O) groups is 1. The summed E-state index contributed by atoms with van der Waals surface area (Å²) >= 11 is 5.70. The minimum atomic E-state index is -0.0321. The second-order valence-electron chi connectivity index (χ2n) is 4.82. The SMILES string of the molecule is O=C(c1ccc(Cl)o1)N1CC2CCC1CNC2. The number of nitrogens with zero attached hydrogens (tertiary/aromatic N) is 1. The Balaban J connectivity index is 1.82. The van der Waals surface area contributed by atoms with Gasteiger partial charge in [0, 0.05) is 19.1 Å². The molecule has 3 aliphatic heterocycles. The summed E-state index contributed by atoms with van der Waals surface area (Å²) in [6.07, 6.45) is 2.29. The van der Waals surface area contributed by atoms with Crippen LogP contribution in [0.1, 0.15) is 23.4 Å². The summed E-state index contributed by atoms with van der Waals surface area (Å²) in [6, 6.07) is 3.56. The summed E-state index contributed by atoms with van der Waals surface area (Å²) in [4.78, 5) is 14.2. The number of fused-ring (bicyclic) bond motifs is 4. The zero-order valence-corrected chi connectivity index (χ0v) is 10.2. The molecule has 0 aromatic carbocycles. The van der Waals surface area contributed by atoms with E-state index in [1.807, 2.05) is 4.90 Å². The fourth-order valence-corrected chi connectivity index (χ4v) is 2.90. The molecule has 2 unspecified atom stereocenters. The van der Waals surface area contributed by atoms with Gasteiger partial charge in [0.05, 0.1) is 0 Å². The molecule has 0 spiro atoms. The Bertz CT molecular complexity index is 428. The predicted octanol–water partition coefficient (Wildman–Crippen LogP) is 1.76. The number of piperidine rings is 1. The Hall–Kier alpha value is -1.00. The van der Waals surface area contributed by atoms with Crippen LogP contribution in [0.5, 0.6) is 0 Å². The fraction of sp³-hybridized carbons (Fsp3) is 0.583. The fourth-order valence-electron chi connectivity index (χ4n) is 2.75. The van der Waals surface area contributed by atoms with Crippen LogP contribution in [0.2, 0.25) is 5.22 Å². The lowest BCUT2D eigenvalue weighted by molar-refractivity contribution is 0.0559. The molecule has 92 valence electrons. The van der Waals surface area contributed by atoms with Crippen molar-refractivity contribution in [1.82, 2.24) is 10.2 Å². The molecule has 1 N–H and O–H groups in total. The number of hydrogen-bond donors (Lipinski definition) is 1. The summed E-state index contributed by atoms with van der Waals surface area (Å²) in [6.45, 7) is 2.73. The van der Waals surface area contributed by atoms with Crippen LogP contribution in [-0.2, 0) is 0 Å². The van der Waals surface area contributed by atoms with Crippen molar-refractivity contribution in [1.29, 1.82) is 0 Å². The molecule has 0 saturated carbocycles. The molecule has 4 rings (SSSR count). The van der Waals surface area contributed by atoms with E-state index in [9.17, 15) is 4.79 Å². The average molecular weight is 255 g/mol. The first kappa shape index (κ1) is 11.1. The maximum absolute atomic E-state index is 12.3. The summed E-state index contributed by atoms with van der Waals surface area (Å²) < 4.78 is 5.20. The molecule has 1 amide bonds. The maximum Gasteiger partial charge on any atom is 0.289 e. The van der Waals surface area contributed by atoms with Crippen LogP contribution >= 0.6 is 11.6 Å². The van der Waals surface area contributed by atoms with E-state index in [-0.39, 0.29) is 11.1 Å². The molecule has 5 heteroatoms. The standard InChI is InChI=1S/C12H15ClN2O2/c13-11-4-3-10(17-11)12(16)15-7-8-1-2-9(15)6-14-5-8/h3-4,8-9,14H,1-2,5-7H2.